The first-order valence-corrected chi connectivity index (χ1v) is 21.3. The van der Waals surface area contributed by atoms with Crippen molar-refractivity contribution in [1.29, 1.82) is 0 Å². The molecule has 5 nitrogen and oxygen atoms in total. The van der Waals surface area contributed by atoms with Gasteiger partial charge in [-0.3, -0.25) is 0 Å². The van der Waals surface area contributed by atoms with Crippen molar-refractivity contribution < 1.29 is 19.0 Å². The van der Waals surface area contributed by atoms with Crippen molar-refractivity contribution in [2.45, 2.75) is 252 Å². The van der Waals surface area contributed by atoms with E-state index in [0.717, 1.165) is 38.5 Å². The molecule has 0 radical (unpaired) electrons. The molecule has 1 amide bonds. The third-order valence-corrected chi connectivity index (χ3v) is 9.61. The summed E-state index contributed by atoms with van der Waals surface area (Å²) in [5.74, 6) is 0. The highest BCUT2D eigenvalue weighted by Gasteiger charge is 2.20. The van der Waals surface area contributed by atoms with Crippen LogP contribution in [-0.2, 0) is 14.2 Å². The maximum atomic E-state index is 12.7. The Morgan fingerprint density at radius 3 is 1.25 bits per heavy atom. The molecule has 0 aromatic rings. The second-order valence-corrected chi connectivity index (χ2v) is 16.3. The highest BCUT2D eigenvalue weighted by atomic mass is 16.6. The summed E-state index contributed by atoms with van der Waals surface area (Å²) in [5.41, 5.74) is -0.364. The summed E-state index contributed by atoms with van der Waals surface area (Å²) in [7, 11) is 0. The van der Waals surface area contributed by atoms with Gasteiger partial charge >= 0.3 is 6.09 Å². The largest absolute Gasteiger partial charge is 0.446 e. The highest BCUT2D eigenvalue weighted by Crippen LogP contribution is 2.20. The van der Waals surface area contributed by atoms with Gasteiger partial charge in [-0.05, 0) is 73.1 Å². The molecule has 288 valence electrons. The van der Waals surface area contributed by atoms with E-state index in [4.69, 9.17) is 14.2 Å². The van der Waals surface area contributed by atoms with Gasteiger partial charge in [0.2, 0.25) is 0 Å². The van der Waals surface area contributed by atoms with Crippen LogP contribution in [0.1, 0.15) is 235 Å². The van der Waals surface area contributed by atoms with E-state index in [1.807, 2.05) is 0 Å². The second kappa shape index (κ2) is 33.3. The lowest BCUT2D eigenvalue weighted by atomic mass is 10.0. The number of nitrogens with one attached hydrogen (secondary N) is 1. The van der Waals surface area contributed by atoms with Crippen LogP contribution in [0.15, 0.2) is 0 Å². The quantitative estimate of drug-likeness (QED) is 0.0669. The van der Waals surface area contributed by atoms with Crippen molar-refractivity contribution in [3.8, 4) is 0 Å². The molecule has 0 aliphatic carbocycles. The smallest absolute Gasteiger partial charge is 0.407 e. The molecule has 0 spiro atoms. The first-order chi connectivity index (χ1) is 23.1. The summed E-state index contributed by atoms with van der Waals surface area (Å²) in [4.78, 5) is 12.7. The van der Waals surface area contributed by atoms with Crippen molar-refractivity contribution in [1.82, 2.24) is 5.32 Å². The predicted molar refractivity (Wildman–Crippen MR) is 209 cm³/mol. The second-order valence-electron chi connectivity index (χ2n) is 16.3. The molecule has 1 atom stereocenters. The van der Waals surface area contributed by atoms with E-state index >= 15 is 0 Å². The van der Waals surface area contributed by atoms with Gasteiger partial charge < -0.3 is 19.5 Å². The van der Waals surface area contributed by atoms with Crippen LogP contribution in [0.3, 0.4) is 0 Å². The molecule has 0 heterocycles. The molecule has 0 aliphatic heterocycles. The zero-order valence-electron chi connectivity index (χ0n) is 33.8. The Kier molecular flexibility index (Phi) is 32.8. The molecule has 0 saturated carbocycles. The number of alkyl carbamates (subject to hydrolysis) is 1. The summed E-state index contributed by atoms with van der Waals surface area (Å²) >= 11 is 0. The van der Waals surface area contributed by atoms with Gasteiger partial charge in [-0.25, -0.2) is 4.79 Å². The molecule has 0 aromatic carbocycles. The molecule has 0 aromatic heterocycles. The van der Waals surface area contributed by atoms with Gasteiger partial charge in [-0.1, -0.05) is 162 Å². The number of amides is 1. The molecule has 0 rings (SSSR count). The van der Waals surface area contributed by atoms with Crippen molar-refractivity contribution in [2.24, 2.45) is 0 Å². The van der Waals surface area contributed by atoms with Gasteiger partial charge in [0.25, 0.3) is 0 Å². The Bertz CT molecular complexity index is 674. The van der Waals surface area contributed by atoms with E-state index in [9.17, 15) is 4.79 Å². The molecule has 5 heteroatoms. The van der Waals surface area contributed by atoms with Crippen LogP contribution >= 0.6 is 0 Å². The maximum absolute atomic E-state index is 12.7. The van der Waals surface area contributed by atoms with Crippen LogP contribution in [0.5, 0.6) is 0 Å². The zero-order valence-corrected chi connectivity index (χ0v) is 33.8. The number of hydrogen-bond donors (Lipinski definition) is 1. The normalized spacial score (nSPS) is 12.8. The molecule has 0 fully saturated rings. The minimum absolute atomic E-state index is 0.0408. The topological polar surface area (TPSA) is 56.8 Å². The summed E-state index contributed by atoms with van der Waals surface area (Å²) in [5, 5.41) is 2.99. The summed E-state index contributed by atoms with van der Waals surface area (Å²) in [6.45, 7) is 16.9. The van der Waals surface area contributed by atoms with E-state index in [-0.39, 0.29) is 23.4 Å². The maximum Gasteiger partial charge on any atom is 0.407 e. The Morgan fingerprint density at radius 1 is 0.500 bits per heavy atom. The number of rotatable bonds is 36. The van der Waals surface area contributed by atoms with Crippen LogP contribution in [0, 0.1) is 0 Å². The minimum Gasteiger partial charge on any atom is -0.446 e. The van der Waals surface area contributed by atoms with Gasteiger partial charge in [-0.2, -0.15) is 0 Å². The molecule has 1 unspecified atom stereocenters. The Labute approximate surface area is 301 Å². The van der Waals surface area contributed by atoms with Gasteiger partial charge in [0.15, 0.2) is 0 Å². The predicted octanol–water partition coefficient (Wildman–Crippen LogP) is 14.0. The SMILES string of the molecule is CCCCCCCCCCCCCCCCCC(CCCCCCCCCCCC)OC(=O)NCCCOC(C)(C)CCOC(C)(C)C. The summed E-state index contributed by atoms with van der Waals surface area (Å²) in [6.07, 6.45) is 37.3. The first-order valence-electron chi connectivity index (χ1n) is 21.3. The third-order valence-electron chi connectivity index (χ3n) is 9.61. The van der Waals surface area contributed by atoms with E-state index < -0.39 is 0 Å². The summed E-state index contributed by atoms with van der Waals surface area (Å²) in [6, 6.07) is 0. The standard InChI is InChI=1S/C43H87NO4/c1-8-10-12-14-16-18-20-21-22-23-24-26-28-30-32-35-40(34-31-29-27-25-19-17-15-13-11-9-2)48-41(45)44-37-33-38-47-43(6,7)36-39-46-42(3,4)5/h40H,8-39H2,1-7H3,(H,44,45). The fourth-order valence-corrected chi connectivity index (χ4v) is 6.34. The molecule has 48 heavy (non-hydrogen) atoms. The van der Waals surface area contributed by atoms with Crippen LogP contribution in [0.25, 0.3) is 0 Å². The average Bonchev–Trinajstić information content (AvgIpc) is 3.02. The molecular weight excluding hydrogens is 594 g/mol. The van der Waals surface area contributed by atoms with Gasteiger partial charge in [-0.15, -0.1) is 0 Å². The van der Waals surface area contributed by atoms with Gasteiger partial charge in [0, 0.05) is 19.8 Å². The van der Waals surface area contributed by atoms with Crippen LogP contribution in [0.4, 0.5) is 4.79 Å². The number of carbonyl (C=O) groups is 1. The Morgan fingerprint density at radius 2 is 0.875 bits per heavy atom. The molecular formula is C43H87NO4. The van der Waals surface area contributed by atoms with Gasteiger partial charge in [0.05, 0.1) is 11.2 Å². The fraction of sp³-hybridized carbons (Fsp3) is 0.977. The zero-order chi connectivity index (χ0) is 35.6. The fourth-order valence-electron chi connectivity index (χ4n) is 6.34. The average molecular weight is 682 g/mol. The highest BCUT2D eigenvalue weighted by molar-refractivity contribution is 5.67. The first kappa shape index (κ1) is 47.2. The third kappa shape index (κ3) is 36.5. The monoisotopic (exact) mass is 682 g/mol. The van der Waals surface area contributed by atoms with Crippen LogP contribution in [-0.4, -0.2) is 43.2 Å². The van der Waals surface area contributed by atoms with E-state index in [2.05, 4.69) is 53.8 Å². The molecule has 0 bridgehead atoms. The Balaban J connectivity index is 4.22. The number of ether oxygens (including phenoxy) is 3. The summed E-state index contributed by atoms with van der Waals surface area (Å²) < 4.78 is 17.9. The number of hydrogen-bond acceptors (Lipinski definition) is 4. The molecule has 0 saturated heterocycles. The molecule has 0 aliphatic rings. The van der Waals surface area contributed by atoms with Crippen molar-refractivity contribution in [3.05, 3.63) is 0 Å². The lowest BCUT2D eigenvalue weighted by Crippen LogP contribution is -2.32. The van der Waals surface area contributed by atoms with E-state index in [1.165, 1.54) is 148 Å². The lowest BCUT2D eigenvalue weighted by Gasteiger charge is -2.28. The number of carbonyl (C=O) groups excluding carboxylic acids is 1. The minimum atomic E-state index is -0.258. The molecule has 1 N–H and O–H groups in total. The number of unbranched alkanes of at least 4 members (excludes halogenated alkanes) is 23. The van der Waals surface area contributed by atoms with Gasteiger partial charge in [0.1, 0.15) is 6.10 Å². The van der Waals surface area contributed by atoms with Crippen molar-refractivity contribution >= 4 is 6.09 Å². The van der Waals surface area contributed by atoms with Crippen molar-refractivity contribution in [3.63, 3.8) is 0 Å². The lowest BCUT2D eigenvalue weighted by molar-refractivity contribution is -0.0667. The van der Waals surface area contributed by atoms with E-state index in [0.29, 0.717) is 19.8 Å². The van der Waals surface area contributed by atoms with E-state index in [1.54, 1.807) is 0 Å². The van der Waals surface area contributed by atoms with Crippen molar-refractivity contribution in [2.75, 3.05) is 19.8 Å². The van der Waals surface area contributed by atoms with Crippen LogP contribution < -0.4 is 5.32 Å². The van der Waals surface area contributed by atoms with Crippen LogP contribution in [0.2, 0.25) is 0 Å². The Hall–Kier alpha value is -0.810.